The summed E-state index contributed by atoms with van der Waals surface area (Å²) in [5.41, 5.74) is 1.68. The zero-order valence-corrected chi connectivity index (χ0v) is 24.8. The van der Waals surface area contributed by atoms with Gasteiger partial charge in [-0.25, -0.2) is 12.8 Å². The average molecular weight is 604 g/mol. The number of rotatable bonds is 13. The third kappa shape index (κ3) is 7.98. The van der Waals surface area contributed by atoms with E-state index >= 15 is 0 Å². The van der Waals surface area contributed by atoms with Gasteiger partial charge in [-0.05, 0) is 66.6 Å². The largest absolute Gasteiger partial charge is 0.494 e. The van der Waals surface area contributed by atoms with Crippen LogP contribution in [0.25, 0.3) is 0 Å². The van der Waals surface area contributed by atoms with Crippen molar-refractivity contribution in [2.45, 2.75) is 30.8 Å². The Bertz CT molecular complexity index is 1600. The van der Waals surface area contributed by atoms with Crippen LogP contribution in [0.4, 0.5) is 10.1 Å². The second-order valence-electron chi connectivity index (χ2n) is 9.72. The Kier molecular flexibility index (Phi) is 10.5. The molecule has 4 aromatic carbocycles. The van der Waals surface area contributed by atoms with Gasteiger partial charge in [0.05, 0.1) is 17.2 Å². The molecule has 0 saturated carbocycles. The van der Waals surface area contributed by atoms with Crippen molar-refractivity contribution in [3.05, 3.63) is 126 Å². The lowest BCUT2D eigenvalue weighted by Gasteiger charge is -2.33. The third-order valence-corrected chi connectivity index (χ3v) is 8.62. The van der Waals surface area contributed by atoms with Gasteiger partial charge in [0.25, 0.3) is 10.0 Å². The quantitative estimate of drug-likeness (QED) is 0.237. The number of nitrogens with one attached hydrogen (secondary N) is 1. The fraction of sp³-hybridized carbons (Fsp3) is 0.212. The summed E-state index contributed by atoms with van der Waals surface area (Å²) in [5, 5.41) is 2.64. The first-order chi connectivity index (χ1) is 20.7. The Morgan fingerprint density at radius 3 is 2.02 bits per heavy atom. The number of halogens is 1. The van der Waals surface area contributed by atoms with Gasteiger partial charge >= 0.3 is 0 Å². The number of carbonyl (C=O) groups excluding carboxylic acids is 2. The minimum Gasteiger partial charge on any atom is -0.494 e. The second kappa shape index (κ2) is 14.5. The normalized spacial score (nSPS) is 11.8. The van der Waals surface area contributed by atoms with Crippen molar-refractivity contribution in [3.63, 3.8) is 0 Å². The molecular weight excluding hydrogens is 569 g/mol. The summed E-state index contributed by atoms with van der Waals surface area (Å²) >= 11 is 0. The molecule has 1 atom stereocenters. The first-order valence-corrected chi connectivity index (χ1v) is 15.3. The summed E-state index contributed by atoms with van der Waals surface area (Å²) in [6.07, 6.45) is 0.185. The van der Waals surface area contributed by atoms with Crippen molar-refractivity contribution in [3.8, 4) is 5.75 Å². The van der Waals surface area contributed by atoms with Gasteiger partial charge < -0.3 is 15.0 Å². The molecule has 0 aliphatic carbocycles. The first-order valence-electron chi connectivity index (χ1n) is 13.8. The summed E-state index contributed by atoms with van der Waals surface area (Å²) in [6.45, 7) is 1.63. The molecule has 0 aliphatic rings. The number of sulfonamides is 1. The Balaban J connectivity index is 1.75. The molecule has 0 aromatic heterocycles. The van der Waals surface area contributed by atoms with Crippen LogP contribution in [-0.2, 0) is 32.6 Å². The van der Waals surface area contributed by atoms with E-state index in [1.165, 1.54) is 48.3 Å². The van der Waals surface area contributed by atoms with Gasteiger partial charge in [0, 0.05) is 20.0 Å². The fourth-order valence-corrected chi connectivity index (χ4v) is 6.05. The standard InChI is InChI=1S/C33H34FN3O5S/c1-3-42-29-18-20-30(21-19-29)43(40,41)37(28-12-8-5-9-13-28)24-32(38)36(23-26-14-16-27(34)17-15-26)31(33(39)35-2)22-25-10-6-4-7-11-25/h4-21,31H,3,22-24H2,1-2H3,(H,35,39)/t31-/m0/s1. The zero-order valence-electron chi connectivity index (χ0n) is 24.0. The number of amides is 2. The molecule has 0 aliphatic heterocycles. The number of hydrogen-bond acceptors (Lipinski definition) is 5. The predicted octanol–water partition coefficient (Wildman–Crippen LogP) is 4.81. The first kappa shape index (κ1) is 31.2. The molecule has 0 saturated heterocycles. The van der Waals surface area contributed by atoms with E-state index in [9.17, 15) is 22.4 Å². The van der Waals surface area contributed by atoms with Gasteiger partial charge in [0.2, 0.25) is 11.8 Å². The molecule has 4 aromatic rings. The van der Waals surface area contributed by atoms with Crippen LogP contribution in [-0.4, -0.2) is 51.4 Å². The summed E-state index contributed by atoms with van der Waals surface area (Å²) in [6, 6.07) is 28.1. The van der Waals surface area contributed by atoms with Gasteiger partial charge in [-0.15, -0.1) is 0 Å². The Labute approximate surface area is 251 Å². The topological polar surface area (TPSA) is 96.0 Å². The molecule has 43 heavy (non-hydrogen) atoms. The maximum Gasteiger partial charge on any atom is 0.264 e. The molecule has 0 spiro atoms. The number of anilines is 1. The lowest BCUT2D eigenvalue weighted by molar-refractivity contribution is -0.139. The number of benzene rings is 4. The van der Waals surface area contributed by atoms with Crippen LogP contribution >= 0.6 is 0 Å². The van der Waals surface area contributed by atoms with Gasteiger partial charge in [0.1, 0.15) is 24.2 Å². The van der Waals surface area contributed by atoms with Crippen molar-refractivity contribution in [2.24, 2.45) is 0 Å². The van der Waals surface area contributed by atoms with E-state index in [0.29, 0.717) is 17.9 Å². The van der Waals surface area contributed by atoms with E-state index in [0.717, 1.165) is 9.87 Å². The van der Waals surface area contributed by atoms with E-state index in [1.807, 2.05) is 37.3 Å². The SMILES string of the molecule is CCOc1ccc(S(=O)(=O)N(CC(=O)N(Cc2ccc(F)cc2)[C@@H](Cc2ccccc2)C(=O)NC)c2ccccc2)cc1. The molecule has 10 heteroatoms. The van der Waals surface area contributed by atoms with Crippen LogP contribution in [0.5, 0.6) is 5.75 Å². The number of para-hydroxylation sites is 1. The van der Waals surface area contributed by atoms with Crippen LogP contribution in [0.2, 0.25) is 0 Å². The van der Waals surface area contributed by atoms with E-state index in [-0.39, 0.29) is 23.5 Å². The van der Waals surface area contributed by atoms with Gasteiger partial charge in [-0.1, -0.05) is 60.7 Å². The van der Waals surface area contributed by atoms with Crippen LogP contribution in [0.3, 0.4) is 0 Å². The predicted molar refractivity (Wildman–Crippen MR) is 164 cm³/mol. The van der Waals surface area contributed by atoms with Crippen LogP contribution in [0, 0.1) is 5.82 Å². The highest BCUT2D eigenvalue weighted by Crippen LogP contribution is 2.26. The average Bonchev–Trinajstić information content (AvgIpc) is 3.03. The smallest absolute Gasteiger partial charge is 0.264 e. The van der Waals surface area contributed by atoms with Crippen molar-refractivity contribution in [1.82, 2.24) is 10.2 Å². The fourth-order valence-electron chi connectivity index (χ4n) is 4.63. The highest BCUT2D eigenvalue weighted by atomic mass is 32.2. The number of carbonyl (C=O) groups is 2. The van der Waals surface area contributed by atoms with Gasteiger partial charge in [-0.3, -0.25) is 13.9 Å². The maximum absolute atomic E-state index is 14.2. The van der Waals surface area contributed by atoms with Crippen LogP contribution in [0.15, 0.2) is 114 Å². The monoisotopic (exact) mass is 603 g/mol. The lowest BCUT2D eigenvalue weighted by Crippen LogP contribution is -2.53. The van der Waals surface area contributed by atoms with E-state index < -0.39 is 40.2 Å². The van der Waals surface area contributed by atoms with Gasteiger partial charge in [0.15, 0.2) is 0 Å². The van der Waals surface area contributed by atoms with Gasteiger partial charge in [-0.2, -0.15) is 0 Å². The lowest BCUT2D eigenvalue weighted by atomic mass is 10.0. The maximum atomic E-state index is 14.2. The minimum absolute atomic E-state index is 0.0233. The summed E-state index contributed by atoms with van der Waals surface area (Å²) < 4.78 is 48.2. The van der Waals surface area contributed by atoms with Crippen LogP contribution < -0.4 is 14.4 Å². The van der Waals surface area contributed by atoms with Crippen molar-refractivity contribution >= 4 is 27.5 Å². The molecule has 224 valence electrons. The summed E-state index contributed by atoms with van der Waals surface area (Å²) in [5.74, 6) is -0.943. The highest BCUT2D eigenvalue weighted by Gasteiger charge is 2.34. The molecule has 0 heterocycles. The molecule has 8 nitrogen and oxygen atoms in total. The second-order valence-corrected chi connectivity index (χ2v) is 11.6. The molecule has 2 amide bonds. The molecule has 0 fully saturated rings. The molecule has 4 rings (SSSR count). The Morgan fingerprint density at radius 1 is 0.837 bits per heavy atom. The Hall–Kier alpha value is -4.70. The number of hydrogen-bond donors (Lipinski definition) is 1. The van der Waals surface area contributed by atoms with E-state index in [4.69, 9.17) is 4.74 Å². The van der Waals surface area contributed by atoms with Crippen LogP contribution in [0.1, 0.15) is 18.1 Å². The van der Waals surface area contributed by atoms with E-state index in [1.54, 1.807) is 42.5 Å². The summed E-state index contributed by atoms with van der Waals surface area (Å²) in [7, 11) is -2.74. The zero-order chi connectivity index (χ0) is 30.8. The molecule has 0 bridgehead atoms. The van der Waals surface area contributed by atoms with E-state index in [2.05, 4.69) is 5.32 Å². The van der Waals surface area contributed by atoms with Crippen molar-refractivity contribution < 1.29 is 27.1 Å². The molecule has 0 unspecified atom stereocenters. The minimum atomic E-state index is -4.22. The van der Waals surface area contributed by atoms with Crippen molar-refractivity contribution in [1.29, 1.82) is 0 Å². The number of ether oxygens (including phenoxy) is 1. The molecule has 0 radical (unpaired) electrons. The Morgan fingerprint density at radius 2 is 1.44 bits per heavy atom. The van der Waals surface area contributed by atoms with Crippen molar-refractivity contribution in [2.75, 3.05) is 24.5 Å². The third-order valence-electron chi connectivity index (χ3n) is 6.83. The molecular formula is C33H34FN3O5S. The number of likely N-dealkylation sites (N-methyl/N-ethyl adjacent to an activating group) is 1. The number of nitrogens with zero attached hydrogens (tertiary/aromatic N) is 2. The highest BCUT2D eigenvalue weighted by molar-refractivity contribution is 7.92. The summed E-state index contributed by atoms with van der Waals surface area (Å²) in [4.78, 5) is 28.8. The molecule has 1 N–H and O–H groups in total.